The van der Waals surface area contributed by atoms with Crippen molar-refractivity contribution in [1.82, 2.24) is 25.4 Å². The molecule has 0 aromatic carbocycles. The quantitative estimate of drug-likeness (QED) is 0.817. The highest BCUT2D eigenvalue weighted by Gasteiger charge is 2.18. The van der Waals surface area contributed by atoms with Gasteiger partial charge in [0.2, 0.25) is 5.91 Å². The van der Waals surface area contributed by atoms with Gasteiger partial charge in [0.25, 0.3) is 5.91 Å². The van der Waals surface area contributed by atoms with Crippen molar-refractivity contribution < 1.29 is 9.59 Å². The van der Waals surface area contributed by atoms with Crippen LogP contribution in [0.2, 0.25) is 0 Å². The number of hydrogen-bond acceptors (Lipinski definition) is 5. The number of carbonyl (C=O) groups excluding carboxylic acids is 2. The second-order valence-corrected chi connectivity index (χ2v) is 7.16. The number of fused-ring (bicyclic) bond motifs is 1. The summed E-state index contributed by atoms with van der Waals surface area (Å²) in [6.07, 6.45) is 5.16. The van der Waals surface area contributed by atoms with Crippen molar-refractivity contribution >= 4 is 23.2 Å². The molecule has 3 heterocycles. The maximum Gasteiger partial charge on any atom is 0.261 e. The number of hydrogen-bond donors (Lipinski definition) is 2. The van der Waals surface area contributed by atoms with Gasteiger partial charge in [-0.3, -0.25) is 9.59 Å². The van der Waals surface area contributed by atoms with Crippen LogP contribution in [0.1, 0.15) is 47.5 Å². The normalized spacial score (nSPS) is 15.1. The predicted octanol–water partition coefficient (Wildman–Crippen LogP) is 1.54. The van der Waals surface area contributed by atoms with Crippen LogP contribution in [0.3, 0.4) is 0 Å². The van der Waals surface area contributed by atoms with E-state index in [0.29, 0.717) is 17.8 Å². The molecule has 1 aliphatic rings. The van der Waals surface area contributed by atoms with E-state index in [2.05, 4.69) is 25.4 Å². The van der Waals surface area contributed by atoms with Gasteiger partial charge in [-0.2, -0.15) is 0 Å². The molecule has 0 aliphatic carbocycles. The van der Waals surface area contributed by atoms with Gasteiger partial charge in [0.1, 0.15) is 17.7 Å². The molecule has 134 valence electrons. The van der Waals surface area contributed by atoms with E-state index in [1.165, 1.54) is 17.8 Å². The zero-order valence-corrected chi connectivity index (χ0v) is 15.1. The van der Waals surface area contributed by atoms with Crippen molar-refractivity contribution in [2.45, 2.75) is 51.6 Å². The maximum atomic E-state index is 12.2. The Labute approximate surface area is 150 Å². The van der Waals surface area contributed by atoms with Gasteiger partial charge >= 0.3 is 0 Å². The van der Waals surface area contributed by atoms with Gasteiger partial charge in [0, 0.05) is 25.9 Å². The van der Waals surface area contributed by atoms with Crippen LogP contribution >= 0.6 is 11.3 Å². The number of rotatable bonds is 6. The van der Waals surface area contributed by atoms with E-state index in [1.807, 2.05) is 11.4 Å². The van der Waals surface area contributed by atoms with E-state index in [9.17, 15) is 9.59 Å². The standard InChI is InChI=1S/C17H23N5O2S/c1-12(19-17(24)13-6-5-11-25-13)16(23)18-9-8-15-21-20-14-7-3-2-4-10-22(14)15/h5-6,11-12H,2-4,7-10H2,1H3,(H,18,23)(H,19,24). The highest BCUT2D eigenvalue weighted by atomic mass is 32.1. The van der Waals surface area contributed by atoms with E-state index in [4.69, 9.17) is 0 Å². The SMILES string of the molecule is CC(NC(=O)c1cccs1)C(=O)NCCc1nnc2n1CCCCC2. The van der Waals surface area contributed by atoms with Crippen LogP contribution in [-0.4, -0.2) is 39.2 Å². The number of thiophene rings is 1. The van der Waals surface area contributed by atoms with Crippen LogP contribution in [0.5, 0.6) is 0 Å². The summed E-state index contributed by atoms with van der Waals surface area (Å²) in [6, 6.07) is 2.97. The van der Waals surface area contributed by atoms with Crippen molar-refractivity contribution in [2.75, 3.05) is 6.54 Å². The summed E-state index contributed by atoms with van der Waals surface area (Å²) in [4.78, 5) is 24.7. The second kappa shape index (κ2) is 8.24. The van der Waals surface area contributed by atoms with Gasteiger partial charge in [-0.15, -0.1) is 21.5 Å². The Hall–Kier alpha value is -2.22. The highest BCUT2D eigenvalue weighted by molar-refractivity contribution is 7.12. The topological polar surface area (TPSA) is 88.9 Å². The van der Waals surface area contributed by atoms with Crippen molar-refractivity contribution in [1.29, 1.82) is 0 Å². The molecule has 2 aromatic rings. The van der Waals surface area contributed by atoms with E-state index in [-0.39, 0.29) is 11.8 Å². The Balaban J connectivity index is 1.46. The lowest BCUT2D eigenvalue weighted by atomic mass is 10.2. The molecule has 0 radical (unpaired) electrons. The molecular weight excluding hydrogens is 338 g/mol. The fourth-order valence-electron chi connectivity index (χ4n) is 2.92. The Morgan fingerprint density at radius 1 is 1.32 bits per heavy atom. The Bertz CT molecular complexity index is 725. The molecule has 2 N–H and O–H groups in total. The van der Waals surface area contributed by atoms with Crippen LogP contribution in [0.25, 0.3) is 0 Å². The number of aryl methyl sites for hydroxylation is 1. The largest absolute Gasteiger partial charge is 0.354 e. The number of amides is 2. The summed E-state index contributed by atoms with van der Waals surface area (Å²) in [6.45, 7) is 3.12. The van der Waals surface area contributed by atoms with Crippen molar-refractivity contribution in [3.63, 3.8) is 0 Å². The van der Waals surface area contributed by atoms with E-state index in [0.717, 1.165) is 37.5 Å². The van der Waals surface area contributed by atoms with Crippen LogP contribution in [0.15, 0.2) is 17.5 Å². The Morgan fingerprint density at radius 3 is 3.00 bits per heavy atom. The average molecular weight is 361 g/mol. The maximum absolute atomic E-state index is 12.2. The molecule has 2 amide bonds. The van der Waals surface area contributed by atoms with Gasteiger partial charge in [0.05, 0.1) is 4.88 Å². The zero-order valence-electron chi connectivity index (χ0n) is 14.3. The molecule has 8 heteroatoms. The minimum atomic E-state index is -0.579. The summed E-state index contributed by atoms with van der Waals surface area (Å²) >= 11 is 1.35. The van der Waals surface area contributed by atoms with Crippen LogP contribution in [-0.2, 0) is 24.2 Å². The third kappa shape index (κ3) is 4.45. The van der Waals surface area contributed by atoms with Gasteiger partial charge in [-0.05, 0) is 31.2 Å². The lowest BCUT2D eigenvalue weighted by Gasteiger charge is -2.13. The van der Waals surface area contributed by atoms with Gasteiger partial charge < -0.3 is 15.2 Å². The molecule has 25 heavy (non-hydrogen) atoms. The first-order chi connectivity index (χ1) is 12.1. The number of nitrogens with one attached hydrogen (secondary N) is 2. The molecule has 7 nitrogen and oxygen atoms in total. The van der Waals surface area contributed by atoms with Crippen molar-refractivity contribution in [2.24, 2.45) is 0 Å². The Kier molecular flexibility index (Phi) is 5.80. The Morgan fingerprint density at radius 2 is 2.20 bits per heavy atom. The first kappa shape index (κ1) is 17.6. The molecule has 3 rings (SSSR count). The van der Waals surface area contributed by atoms with E-state index < -0.39 is 6.04 Å². The number of aromatic nitrogens is 3. The highest BCUT2D eigenvalue weighted by Crippen LogP contribution is 2.14. The fourth-order valence-corrected chi connectivity index (χ4v) is 3.55. The average Bonchev–Trinajstić information content (AvgIpc) is 3.20. The summed E-state index contributed by atoms with van der Waals surface area (Å²) in [5.74, 6) is 1.56. The predicted molar refractivity (Wildman–Crippen MR) is 95.5 cm³/mol. The third-order valence-corrected chi connectivity index (χ3v) is 5.19. The zero-order chi connectivity index (χ0) is 17.6. The second-order valence-electron chi connectivity index (χ2n) is 6.21. The van der Waals surface area contributed by atoms with Gasteiger partial charge in [0.15, 0.2) is 0 Å². The molecular formula is C17H23N5O2S. The smallest absolute Gasteiger partial charge is 0.261 e. The summed E-state index contributed by atoms with van der Waals surface area (Å²) in [5, 5.41) is 15.9. The van der Waals surface area contributed by atoms with Gasteiger partial charge in [-0.1, -0.05) is 12.5 Å². The molecule has 2 aromatic heterocycles. The molecule has 1 unspecified atom stereocenters. The first-order valence-corrected chi connectivity index (χ1v) is 9.56. The lowest BCUT2D eigenvalue weighted by Crippen LogP contribution is -2.45. The summed E-state index contributed by atoms with van der Waals surface area (Å²) in [7, 11) is 0. The number of nitrogens with zero attached hydrogens (tertiary/aromatic N) is 3. The van der Waals surface area contributed by atoms with E-state index in [1.54, 1.807) is 13.0 Å². The minimum absolute atomic E-state index is 0.194. The third-order valence-electron chi connectivity index (χ3n) is 4.32. The monoisotopic (exact) mass is 361 g/mol. The molecule has 0 saturated heterocycles. The molecule has 1 aliphatic heterocycles. The molecule has 0 saturated carbocycles. The molecule has 0 bridgehead atoms. The fraction of sp³-hybridized carbons (Fsp3) is 0.529. The lowest BCUT2D eigenvalue weighted by molar-refractivity contribution is -0.122. The molecule has 1 atom stereocenters. The van der Waals surface area contributed by atoms with E-state index >= 15 is 0 Å². The molecule has 0 spiro atoms. The summed E-state index contributed by atoms with van der Waals surface area (Å²) < 4.78 is 2.18. The number of carbonyl (C=O) groups is 2. The van der Waals surface area contributed by atoms with Gasteiger partial charge in [-0.25, -0.2) is 0 Å². The summed E-state index contributed by atoms with van der Waals surface area (Å²) in [5.41, 5.74) is 0. The van der Waals surface area contributed by atoms with Crippen LogP contribution < -0.4 is 10.6 Å². The first-order valence-electron chi connectivity index (χ1n) is 8.68. The van der Waals surface area contributed by atoms with Crippen molar-refractivity contribution in [3.05, 3.63) is 34.0 Å². The van der Waals surface area contributed by atoms with Crippen molar-refractivity contribution in [3.8, 4) is 0 Å². The minimum Gasteiger partial charge on any atom is -0.354 e. The molecule has 0 fully saturated rings. The van der Waals surface area contributed by atoms with Crippen LogP contribution in [0.4, 0.5) is 0 Å². The van der Waals surface area contributed by atoms with Crippen LogP contribution in [0, 0.1) is 0 Å².